The maximum absolute atomic E-state index is 4.98. The molecular weight excluding hydrogens is 188 g/mol. The summed E-state index contributed by atoms with van der Waals surface area (Å²) in [5.41, 5.74) is 2.67. The average molecular weight is 200 g/mol. The van der Waals surface area contributed by atoms with E-state index in [0.717, 1.165) is 25.2 Å². The van der Waals surface area contributed by atoms with Gasteiger partial charge in [0.2, 0.25) is 0 Å². The minimum absolute atomic E-state index is 0.855. The van der Waals surface area contributed by atoms with Crippen LogP contribution in [-0.2, 0) is 11.3 Å². The number of nitrogens with zero attached hydrogens (tertiary/aromatic N) is 2. The van der Waals surface area contributed by atoms with Gasteiger partial charge in [-0.15, -0.1) is 0 Å². The van der Waals surface area contributed by atoms with E-state index in [9.17, 15) is 0 Å². The molecule has 0 spiro atoms. The highest BCUT2D eigenvalue weighted by Gasteiger charge is 2.22. The first-order valence-corrected chi connectivity index (χ1v) is 5.18. The van der Waals surface area contributed by atoms with Gasteiger partial charge in [0.15, 0.2) is 5.84 Å². The van der Waals surface area contributed by atoms with Crippen LogP contribution in [0.2, 0.25) is 0 Å². The third-order valence-electron chi connectivity index (χ3n) is 2.81. The largest absolute Gasteiger partial charge is 0.363 e. The van der Waals surface area contributed by atoms with Gasteiger partial charge in [0.1, 0.15) is 6.26 Å². The Labute approximate surface area is 88.6 Å². The van der Waals surface area contributed by atoms with Crippen molar-refractivity contribution in [3.05, 3.63) is 42.2 Å². The van der Waals surface area contributed by atoms with Crippen molar-refractivity contribution < 1.29 is 4.84 Å². The fraction of sp³-hybridized carbons (Fsp3) is 0.250. The Morgan fingerprint density at radius 3 is 3.07 bits per heavy atom. The second-order valence-electron chi connectivity index (χ2n) is 3.72. The molecule has 0 N–H and O–H groups in total. The molecule has 2 aliphatic rings. The fourth-order valence-electron chi connectivity index (χ4n) is 2.09. The molecule has 1 aromatic rings. The molecule has 2 heterocycles. The molecule has 0 saturated carbocycles. The molecule has 1 aromatic carbocycles. The molecule has 0 unspecified atom stereocenters. The molecule has 3 nitrogen and oxygen atoms in total. The number of fused-ring (bicyclic) bond motifs is 1. The summed E-state index contributed by atoms with van der Waals surface area (Å²) in [4.78, 5) is 7.21. The molecular formula is C12H12N2O. The van der Waals surface area contributed by atoms with Crippen LogP contribution in [0.5, 0.6) is 0 Å². The Kier molecular flexibility index (Phi) is 1.95. The van der Waals surface area contributed by atoms with Crippen LogP contribution in [-0.4, -0.2) is 12.4 Å². The number of hydrogen-bond acceptors (Lipinski definition) is 3. The summed E-state index contributed by atoms with van der Waals surface area (Å²) in [6, 6.07) is 8.47. The normalized spacial score (nSPS) is 18.4. The van der Waals surface area contributed by atoms with E-state index in [1.165, 1.54) is 11.3 Å². The van der Waals surface area contributed by atoms with Crippen molar-refractivity contribution in [1.82, 2.24) is 0 Å². The minimum atomic E-state index is 0.855. The molecule has 0 aromatic heterocycles. The van der Waals surface area contributed by atoms with Gasteiger partial charge in [-0.2, -0.15) is 0 Å². The monoisotopic (exact) mass is 200 g/mol. The molecule has 3 rings (SSSR count). The van der Waals surface area contributed by atoms with Crippen LogP contribution in [0, 0.1) is 0 Å². The van der Waals surface area contributed by atoms with Gasteiger partial charge in [-0.1, -0.05) is 23.4 Å². The third-order valence-corrected chi connectivity index (χ3v) is 2.81. The van der Waals surface area contributed by atoms with E-state index in [0.29, 0.717) is 0 Å². The van der Waals surface area contributed by atoms with E-state index in [1.807, 2.05) is 6.08 Å². The molecule has 0 fully saturated rings. The molecule has 0 amide bonds. The van der Waals surface area contributed by atoms with E-state index >= 15 is 0 Å². The second kappa shape index (κ2) is 3.42. The van der Waals surface area contributed by atoms with Crippen LogP contribution >= 0.6 is 0 Å². The highest BCUT2D eigenvalue weighted by Crippen LogP contribution is 2.28. The smallest absolute Gasteiger partial charge is 0.153 e. The van der Waals surface area contributed by atoms with Gasteiger partial charge < -0.3 is 9.74 Å². The first-order chi connectivity index (χ1) is 7.45. The molecule has 15 heavy (non-hydrogen) atoms. The number of benzene rings is 1. The van der Waals surface area contributed by atoms with Crippen LogP contribution in [0.3, 0.4) is 0 Å². The van der Waals surface area contributed by atoms with Gasteiger partial charge in [-0.3, -0.25) is 0 Å². The van der Waals surface area contributed by atoms with Gasteiger partial charge in [0.05, 0.1) is 0 Å². The lowest BCUT2D eigenvalue weighted by Crippen LogP contribution is -2.29. The van der Waals surface area contributed by atoms with Crippen LogP contribution in [0.25, 0.3) is 0 Å². The summed E-state index contributed by atoms with van der Waals surface area (Å²) in [7, 11) is 0. The Morgan fingerprint density at radius 2 is 2.20 bits per heavy atom. The summed E-state index contributed by atoms with van der Waals surface area (Å²) in [5, 5.41) is 4.07. The number of rotatable bonds is 0. The number of anilines is 1. The maximum Gasteiger partial charge on any atom is 0.153 e. The summed E-state index contributed by atoms with van der Waals surface area (Å²) >= 11 is 0. The van der Waals surface area contributed by atoms with Crippen LogP contribution < -0.4 is 4.90 Å². The van der Waals surface area contributed by atoms with Crippen molar-refractivity contribution in [3.63, 3.8) is 0 Å². The Hall–Kier alpha value is -1.77. The quantitative estimate of drug-likeness (QED) is 0.642. The molecule has 0 saturated heterocycles. The summed E-state index contributed by atoms with van der Waals surface area (Å²) in [5.74, 6) is 1.00. The zero-order valence-electron chi connectivity index (χ0n) is 8.39. The number of oxime groups is 1. The maximum atomic E-state index is 4.98. The van der Waals surface area contributed by atoms with E-state index in [1.54, 1.807) is 6.26 Å². The first-order valence-electron chi connectivity index (χ1n) is 5.18. The van der Waals surface area contributed by atoms with E-state index in [2.05, 4.69) is 34.3 Å². The molecule has 0 bridgehead atoms. The lowest BCUT2D eigenvalue weighted by Gasteiger charge is -2.21. The Bertz CT molecular complexity index is 437. The van der Waals surface area contributed by atoms with Gasteiger partial charge in [0.25, 0.3) is 0 Å². The van der Waals surface area contributed by atoms with Gasteiger partial charge in [-0.05, 0) is 24.1 Å². The lowest BCUT2D eigenvalue weighted by atomic mass is 10.2. The summed E-state index contributed by atoms with van der Waals surface area (Å²) < 4.78 is 0. The van der Waals surface area contributed by atoms with Crippen molar-refractivity contribution >= 4 is 11.5 Å². The molecule has 0 radical (unpaired) electrons. The van der Waals surface area contributed by atoms with Gasteiger partial charge >= 0.3 is 0 Å². The first kappa shape index (κ1) is 8.53. The van der Waals surface area contributed by atoms with E-state index < -0.39 is 0 Å². The SMILES string of the molecule is C1=CON=C(N2CCc3ccccc32)C1. The fourth-order valence-corrected chi connectivity index (χ4v) is 2.09. The zero-order chi connectivity index (χ0) is 10.1. The van der Waals surface area contributed by atoms with Crippen LogP contribution in [0.1, 0.15) is 12.0 Å². The van der Waals surface area contributed by atoms with Gasteiger partial charge in [-0.25, -0.2) is 0 Å². The molecule has 0 atom stereocenters. The standard InChI is InChI=1S/C12H12N2O/c1-2-5-11-10(4-1)7-8-14(11)12-6-3-9-15-13-12/h1-5,9H,6-8H2. The van der Waals surface area contributed by atoms with Crippen molar-refractivity contribution in [2.45, 2.75) is 12.8 Å². The summed E-state index contributed by atoms with van der Waals surface area (Å²) in [6.45, 7) is 1.01. The molecule has 2 aliphatic heterocycles. The van der Waals surface area contributed by atoms with Crippen molar-refractivity contribution in [2.24, 2.45) is 5.16 Å². The summed E-state index contributed by atoms with van der Waals surface area (Å²) in [6.07, 6.45) is 5.57. The van der Waals surface area contributed by atoms with E-state index in [-0.39, 0.29) is 0 Å². The third kappa shape index (κ3) is 1.40. The second-order valence-corrected chi connectivity index (χ2v) is 3.72. The minimum Gasteiger partial charge on any atom is -0.363 e. The van der Waals surface area contributed by atoms with Crippen molar-refractivity contribution in [1.29, 1.82) is 0 Å². The van der Waals surface area contributed by atoms with Crippen molar-refractivity contribution in [3.8, 4) is 0 Å². The highest BCUT2D eigenvalue weighted by molar-refractivity contribution is 6.00. The van der Waals surface area contributed by atoms with E-state index in [4.69, 9.17) is 4.84 Å². The number of amidine groups is 1. The van der Waals surface area contributed by atoms with Crippen molar-refractivity contribution in [2.75, 3.05) is 11.4 Å². The lowest BCUT2D eigenvalue weighted by molar-refractivity contribution is 0.261. The Balaban J connectivity index is 1.93. The van der Waals surface area contributed by atoms with Crippen LogP contribution in [0.15, 0.2) is 41.8 Å². The Morgan fingerprint density at radius 1 is 1.27 bits per heavy atom. The predicted octanol–water partition coefficient (Wildman–Crippen LogP) is 2.30. The van der Waals surface area contributed by atoms with Crippen LogP contribution in [0.4, 0.5) is 5.69 Å². The molecule has 76 valence electrons. The van der Waals surface area contributed by atoms with Gasteiger partial charge in [0, 0.05) is 18.7 Å². The molecule has 0 aliphatic carbocycles. The zero-order valence-corrected chi connectivity index (χ0v) is 8.39. The predicted molar refractivity (Wildman–Crippen MR) is 59.8 cm³/mol. The number of para-hydroxylation sites is 1. The average Bonchev–Trinajstić information content (AvgIpc) is 2.74. The topological polar surface area (TPSA) is 24.8 Å². The highest BCUT2D eigenvalue weighted by atomic mass is 16.6. The number of hydrogen-bond donors (Lipinski definition) is 0. The molecule has 3 heteroatoms.